The summed E-state index contributed by atoms with van der Waals surface area (Å²) in [5.74, 6) is 1.82. The first-order valence-electron chi connectivity index (χ1n) is 8.53. The average Bonchev–Trinajstić information content (AvgIpc) is 2.41. The van der Waals surface area contributed by atoms with E-state index in [9.17, 15) is 0 Å². The van der Waals surface area contributed by atoms with Gasteiger partial charge in [-0.05, 0) is 50.5 Å². The second-order valence-corrected chi connectivity index (χ2v) is 6.73. The van der Waals surface area contributed by atoms with E-state index in [4.69, 9.17) is 4.74 Å². The smallest absolute Gasteiger partial charge is 0.0693 e. The third-order valence-electron chi connectivity index (χ3n) is 5.77. The van der Waals surface area contributed by atoms with Gasteiger partial charge in [0.25, 0.3) is 0 Å². The molecule has 0 bridgehead atoms. The van der Waals surface area contributed by atoms with Crippen LogP contribution in [-0.4, -0.2) is 25.3 Å². The molecule has 3 atom stereocenters. The van der Waals surface area contributed by atoms with Gasteiger partial charge in [-0.25, -0.2) is 0 Å². The Morgan fingerprint density at radius 3 is 2.42 bits per heavy atom. The van der Waals surface area contributed by atoms with Gasteiger partial charge in [0.15, 0.2) is 0 Å². The zero-order valence-corrected chi connectivity index (χ0v) is 13.2. The summed E-state index contributed by atoms with van der Waals surface area (Å²) >= 11 is 0. The first kappa shape index (κ1) is 15.3. The third kappa shape index (κ3) is 3.52. The highest BCUT2D eigenvalue weighted by atomic mass is 16.5. The van der Waals surface area contributed by atoms with Crippen LogP contribution in [0.15, 0.2) is 0 Å². The molecule has 2 aliphatic rings. The first-order chi connectivity index (χ1) is 9.24. The van der Waals surface area contributed by atoms with Gasteiger partial charge >= 0.3 is 0 Å². The summed E-state index contributed by atoms with van der Waals surface area (Å²) in [5.41, 5.74) is 0.211. The van der Waals surface area contributed by atoms with Gasteiger partial charge in [-0.3, -0.25) is 0 Å². The predicted molar refractivity (Wildman–Crippen MR) is 81.4 cm³/mol. The van der Waals surface area contributed by atoms with E-state index in [1.165, 1.54) is 57.8 Å². The number of nitrogens with one attached hydrogen (secondary N) is 1. The molecule has 0 spiro atoms. The van der Waals surface area contributed by atoms with Gasteiger partial charge in [0.1, 0.15) is 0 Å². The van der Waals surface area contributed by atoms with Crippen LogP contribution in [0.4, 0.5) is 0 Å². The molecule has 3 unspecified atom stereocenters. The molecule has 2 fully saturated rings. The minimum Gasteiger partial charge on any atom is -0.378 e. The topological polar surface area (TPSA) is 21.3 Å². The van der Waals surface area contributed by atoms with Crippen molar-refractivity contribution in [2.45, 2.75) is 83.3 Å². The number of hydrogen-bond acceptors (Lipinski definition) is 2. The van der Waals surface area contributed by atoms with Crippen LogP contribution in [0.3, 0.4) is 0 Å². The summed E-state index contributed by atoms with van der Waals surface area (Å²) in [5, 5.41) is 3.79. The van der Waals surface area contributed by atoms with E-state index in [1.54, 1.807) is 0 Å². The molecule has 2 heteroatoms. The number of methoxy groups -OCH3 is 1. The van der Waals surface area contributed by atoms with E-state index in [0.29, 0.717) is 6.04 Å². The van der Waals surface area contributed by atoms with Crippen LogP contribution in [0, 0.1) is 11.8 Å². The van der Waals surface area contributed by atoms with Crippen LogP contribution in [0.2, 0.25) is 0 Å². The second kappa shape index (κ2) is 7.08. The monoisotopic (exact) mass is 267 g/mol. The van der Waals surface area contributed by atoms with Gasteiger partial charge < -0.3 is 10.1 Å². The van der Waals surface area contributed by atoms with Crippen molar-refractivity contribution < 1.29 is 4.74 Å². The molecule has 0 aromatic carbocycles. The molecule has 0 aromatic rings. The number of rotatable bonds is 7. The summed E-state index contributed by atoms with van der Waals surface area (Å²) in [6.45, 7) is 5.72. The first-order valence-corrected chi connectivity index (χ1v) is 8.53. The summed E-state index contributed by atoms with van der Waals surface area (Å²) in [7, 11) is 1.92. The van der Waals surface area contributed by atoms with Gasteiger partial charge in [0.05, 0.1) is 5.60 Å². The van der Waals surface area contributed by atoms with Crippen LogP contribution in [-0.2, 0) is 4.74 Å². The third-order valence-corrected chi connectivity index (χ3v) is 5.77. The Morgan fingerprint density at radius 1 is 1.16 bits per heavy atom. The Balaban J connectivity index is 2.00. The van der Waals surface area contributed by atoms with Crippen molar-refractivity contribution in [2.75, 3.05) is 13.7 Å². The molecular weight excluding hydrogens is 234 g/mol. The lowest BCUT2D eigenvalue weighted by Crippen LogP contribution is -2.50. The fraction of sp³-hybridized carbons (Fsp3) is 1.00. The summed E-state index contributed by atoms with van der Waals surface area (Å²) in [4.78, 5) is 0. The molecule has 0 saturated heterocycles. The second-order valence-electron chi connectivity index (χ2n) is 6.73. The van der Waals surface area contributed by atoms with E-state index in [1.807, 2.05) is 7.11 Å². The van der Waals surface area contributed by atoms with Crippen LogP contribution < -0.4 is 5.32 Å². The SMILES string of the molecule is CCNC(CC1(OC)CCC1)C1CCCCC1CC. The van der Waals surface area contributed by atoms with Crippen LogP contribution in [0.5, 0.6) is 0 Å². The molecular formula is C17H33NO. The molecule has 0 amide bonds. The fourth-order valence-corrected chi connectivity index (χ4v) is 4.37. The Kier molecular flexibility index (Phi) is 5.70. The fourth-order valence-electron chi connectivity index (χ4n) is 4.37. The highest BCUT2D eigenvalue weighted by Crippen LogP contribution is 2.43. The summed E-state index contributed by atoms with van der Waals surface area (Å²) in [6, 6.07) is 0.676. The molecule has 2 aliphatic carbocycles. The number of hydrogen-bond donors (Lipinski definition) is 1. The molecule has 2 nitrogen and oxygen atoms in total. The van der Waals surface area contributed by atoms with Gasteiger partial charge in [-0.15, -0.1) is 0 Å². The van der Waals surface area contributed by atoms with Crippen molar-refractivity contribution >= 4 is 0 Å². The molecule has 0 aliphatic heterocycles. The molecule has 112 valence electrons. The molecule has 19 heavy (non-hydrogen) atoms. The lowest BCUT2D eigenvalue weighted by Gasteiger charge is -2.46. The maximum absolute atomic E-state index is 5.87. The molecule has 0 radical (unpaired) electrons. The maximum Gasteiger partial charge on any atom is 0.0693 e. The normalized spacial score (nSPS) is 31.7. The van der Waals surface area contributed by atoms with Gasteiger partial charge in [-0.2, -0.15) is 0 Å². The molecule has 1 N–H and O–H groups in total. The van der Waals surface area contributed by atoms with E-state index >= 15 is 0 Å². The lowest BCUT2D eigenvalue weighted by molar-refractivity contribution is -0.0897. The highest BCUT2D eigenvalue weighted by Gasteiger charge is 2.42. The Bertz CT molecular complexity index is 256. The van der Waals surface area contributed by atoms with E-state index < -0.39 is 0 Å². The standard InChI is InChI=1S/C17H33NO/c1-4-14-9-6-7-10-15(14)16(18-5-2)13-17(19-3)11-8-12-17/h14-16,18H,4-13H2,1-3H3. The average molecular weight is 267 g/mol. The van der Waals surface area contributed by atoms with Crippen LogP contribution in [0.1, 0.15) is 71.6 Å². The summed E-state index contributed by atoms with van der Waals surface area (Å²) in [6.07, 6.45) is 12.2. The van der Waals surface area contributed by atoms with Crippen molar-refractivity contribution in [2.24, 2.45) is 11.8 Å². The van der Waals surface area contributed by atoms with Gasteiger partial charge in [-0.1, -0.05) is 39.5 Å². The number of ether oxygens (including phenoxy) is 1. The molecule has 2 rings (SSSR count). The van der Waals surface area contributed by atoms with Crippen molar-refractivity contribution in [1.82, 2.24) is 5.32 Å². The minimum absolute atomic E-state index is 0.211. The van der Waals surface area contributed by atoms with Crippen LogP contribution >= 0.6 is 0 Å². The molecule has 2 saturated carbocycles. The molecule has 0 aromatic heterocycles. The van der Waals surface area contributed by atoms with Gasteiger partial charge in [0, 0.05) is 13.2 Å². The van der Waals surface area contributed by atoms with Crippen LogP contribution in [0.25, 0.3) is 0 Å². The van der Waals surface area contributed by atoms with Gasteiger partial charge in [0.2, 0.25) is 0 Å². The lowest BCUT2D eigenvalue weighted by atomic mass is 9.68. The largest absolute Gasteiger partial charge is 0.378 e. The zero-order chi connectivity index (χ0) is 13.7. The predicted octanol–water partition coefficient (Wildman–Crippen LogP) is 4.14. The minimum atomic E-state index is 0.211. The van der Waals surface area contributed by atoms with Crippen molar-refractivity contribution in [1.29, 1.82) is 0 Å². The van der Waals surface area contributed by atoms with E-state index in [0.717, 1.165) is 18.4 Å². The summed E-state index contributed by atoms with van der Waals surface area (Å²) < 4.78 is 5.87. The molecule has 0 heterocycles. The van der Waals surface area contributed by atoms with E-state index in [2.05, 4.69) is 19.2 Å². The zero-order valence-electron chi connectivity index (χ0n) is 13.2. The quantitative estimate of drug-likeness (QED) is 0.748. The Hall–Kier alpha value is -0.0800. The van der Waals surface area contributed by atoms with E-state index in [-0.39, 0.29) is 5.60 Å². The highest BCUT2D eigenvalue weighted by molar-refractivity contribution is 4.96. The van der Waals surface area contributed by atoms with Crippen molar-refractivity contribution in [3.05, 3.63) is 0 Å². The Morgan fingerprint density at radius 2 is 1.89 bits per heavy atom. The maximum atomic E-state index is 5.87. The van der Waals surface area contributed by atoms with Crippen molar-refractivity contribution in [3.63, 3.8) is 0 Å². The Labute approximate surface area is 119 Å². The van der Waals surface area contributed by atoms with Crippen molar-refractivity contribution in [3.8, 4) is 0 Å².